The molecule has 1 aromatic rings. The van der Waals surface area contributed by atoms with Crippen molar-refractivity contribution in [3.63, 3.8) is 0 Å². The second-order valence-corrected chi connectivity index (χ2v) is 4.52. The third kappa shape index (κ3) is 3.32. The Morgan fingerprint density at radius 3 is 2.72 bits per heavy atom. The average molecular weight is 256 g/mol. The van der Waals surface area contributed by atoms with Crippen molar-refractivity contribution in [1.82, 2.24) is 5.32 Å². The summed E-state index contributed by atoms with van der Waals surface area (Å²) >= 11 is 0. The zero-order chi connectivity index (χ0) is 13.0. The number of hydrogen-bond donors (Lipinski definition) is 2. The molecule has 100 valence electrons. The minimum absolute atomic E-state index is 0.367. The summed E-state index contributed by atoms with van der Waals surface area (Å²) in [5.41, 5.74) is 7.25. The Hall–Kier alpha value is -1.36. The number of ether oxygens (including phenoxy) is 1. The molecule has 1 aliphatic rings. The Morgan fingerprint density at radius 2 is 2.06 bits per heavy atom. The number of nitrogens with one attached hydrogen (secondary N) is 1. The second-order valence-electron chi connectivity index (χ2n) is 4.52. The molecule has 1 aliphatic heterocycles. The SMILES string of the molecule is Nc1ccc(C2CCNCC2)cc1OCC(F)F. The van der Waals surface area contributed by atoms with Crippen molar-refractivity contribution in [3.05, 3.63) is 23.8 Å². The Bertz CT molecular complexity index is 393. The first-order valence-corrected chi connectivity index (χ1v) is 6.18. The molecule has 1 fully saturated rings. The average Bonchev–Trinajstić information content (AvgIpc) is 2.38. The van der Waals surface area contributed by atoms with Crippen molar-refractivity contribution < 1.29 is 13.5 Å². The van der Waals surface area contributed by atoms with E-state index in [1.165, 1.54) is 0 Å². The number of anilines is 1. The van der Waals surface area contributed by atoms with E-state index in [0.29, 0.717) is 17.4 Å². The zero-order valence-electron chi connectivity index (χ0n) is 10.2. The van der Waals surface area contributed by atoms with Gasteiger partial charge in [0.05, 0.1) is 5.69 Å². The van der Waals surface area contributed by atoms with Gasteiger partial charge in [-0.1, -0.05) is 6.07 Å². The van der Waals surface area contributed by atoms with E-state index >= 15 is 0 Å². The van der Waals surface area contributed by atoms with Crippen molar-refractivity contribution >= 4 is 5.69 Å². The van der Waals surface area contributed by atoms with Crippen LogP contribution in [0, 0.1) is 0 Å². The molecule has 3 nitrogen and oxygen atoms in total. The summed E-state index contributed by atoms with van der Waals surface area (Å²) in [6.07, 6.45) is -0.372. The maximum atomic E-state index is 12.1. The highest BCUT2D eigenvalue weighted by Crippen LogP contribution is 2.31. The molecule has 0 atom stereocenters. The van der Waals surface area contributed by atoms with Gasteiger partial charge in [-0.25, -0.2) is 8.78 Å². The summed E-state index contributed by atoms with van der Waals surface area (Å²) in [4.78, 5) is 0. The molecular formula is C13H18F2N2O. The van der Waals surface area contributed by atoms with Crippen LogP contribution in [-0.4, -0.2) is 26.1 Å². The summed E-state index contributed by atoms with van der Waals surface area (Å²) in [6, 6.07) is 5.49. The summed E-state index contributed by atoms with van der Waals surface area (Å²) < 4.78 is 29.3. The summed E-state index contributed by atoms with van der Waals surface area (Å²) in [5, 5.41) is 3.30. The van der Waals surface area contributed by atoms with Crippen molar-refractivity contribution in [1.29, 1.82) is 0 Å². The molecule has 0 aromatic heterocycles. The number of alkyl halides is 2. The highest BCUT2D eigenvalue weighted by Gasteiger charge is 2.16. The molecule has 1 heterocycles. The van der Waals surface area contributed by atoms with Crippen LogP contribution in [0.25, 0.3) is 0 Å². The standard InChI is InChI=1S/C13H18F2N2O/c14-13(15)8-18-12-7-10(1-2-11(12)16)9-3-5-17-6-4-9/h1-2,7,9,13,17H,3-6,8,16H2. The largest absolute Gasteiger partial charge is 0.485 e. The highest BCUT2D eigenvalue weighted by molar-refractivity contribution is 5.54. The predicted octanol–water partition coefficient (Wildman–Crippen LogP) is 2.38. The molecule has 0 aliphatic carbocycles. The first-order chi connectivity index (χ1) is 8.66. The lowest BCUT2D eigenvalue weighted by molar-refractivity contribution is 0.0822. The summed E-state index contributed by atoms with van der Waals surface area (Å²) in [7, 11) is 0. The van der Waals surface area contributed by atoms with Crippen LogP contribution in [0.3, 0.4) is 0 Å². The van der Waals surface area contributed by atoms with Gasteiger partial charge in [0.25, 0.3) is 6.43 Å². The number of rotatable bonds is 4. The van der Waals surface area contributed by atoms with Gasteiger partial charge in [0, 0.05) is 0 Å². The fourth-order valence-corrected chi connectivity index (χ4v) is 2.24. The van der Waals surface area contributed by atoms with E-state index in [1.54, 1.807) is 12.1 Å². The minimum atomic E-state index is -2.48. The molecule has 0 saturated carbocycles. The first kappa shape index (κ1) is 13.1. The van der Waals surface area contributed by atoms with Gasteiger partial charge in [-0.3, -0.25) is 0 Å². The van der Waals surface area contributed by atoms with E-state index in [9.17, 15) is 8.78 Å². The van der Waals surface area contributed by atoms with Gasteiger partial charge in [-0.2, -0.15) is 0 Å². The normalized spacial score (nSPS) is 17.1. The number of piperidine rings is 1. The van der Waals surface area contributed by atoms with Gasteiger partial charge in [0.2, 0.25) is 0 Å². The van der Waals surface area contributed by atoms with Crippen molar-refractivity contribution in [2.24, 2.45) is 0 Å². The zero-order valence-corrected chi connectivity index (χ0v) is 10.2. The third-order valence-electron chi connectivity index (χ3n) is 3.21. The van der Waals surface area contributed by atoms with Crippen LogP contribution < -0.4 is 15.8 Å². The maximum absolute atomic E-state index is 12.1. The maximum Gasteiger partial charge on any atom is 0.272 e. The van der Waals surface area contributed by atoms with E-state index in [1.807, 2.05) is 6.07 Å². The topological polar surface area (TPSA) is 47.3 Å². The molecule has 1 saturated heterocycles. The molecule has 18 heavy (non-hydrogen) atoms. The molecule has 5 heteroatoms. The molecule has 0 spiro atoms. The van der Waals surface area contributed by atoms with Crippen LogP contribution >= 0.6 is 0 Å². The van der Waals surface area contributed by atoms with Crippen molar-refractivity contribution in [2.45, 2.75) is 25.2 Å². The molecule has 2 rings (SSSR count). The van der Waals surface area contributed by atoms with Crippen molar-refractivity contribution in [3.8, 4) is 5.75 Å². The van der Waals surface area contributed by atoms with Crippen LogP contribution in [-0.2, 0) is 0 Å². The Labute approximate surface area is 105 Å². The highest BCUT2D eigenvalue weighted by atomic mass is 19.3. The molecule has 0 unspecified atom stereocenters. The van der Waals surface area contributed by atoms with Gasteiger partial charge in [0.15, 0.2) is 0 Å². The molecule has 0 radical (unpaired) electrons. The molecular weight excluding hydrogens is 238 g/mol. The second kappa shape index (κ2) is 6.00. The van der Waals surface area contributed by atoms with Crippen LogP contribution in [0.4, 0.5) is 14.5 Å². The summed E-state index contributed by atoms with van der Waals surface area (Å²) in [6.45, 7) is 1.37. The van der Waals surface area contributed by atoms with Gasteiger partial charge in [-0.05, 0) is 49.5 Å². The van der Waals surface area contributed by atoms with E-state index < -0.39 is 13.0 Å². The monoisotopic (exact) mass is 256 g/mol. The van der Waals surface area contributed by atoms with Crippen LogP contribution in [0.1, 0.15) is 24.3 Å². The number of benzene rings is 1. The van der Waals surface area contributed by atoms with Crippen LogP contribution in [0.2, 0.25) is 0 Å². The van der Waals surface area contributed by atoms with Crippen LogP contribution in [0.5, 0.6) is 5.75 Å². The smallest absolute Gasteiger partial charge is 0.272 e. The lowest BCUT2D eigenvalue weighted by Gasteiger charge is -2.23. The molecule has 1 aromatic carbocycles. The fourth-order valence-electron chi connectivity index (χ4n) is 2.24. The lowest BCUT2D eigenvalue weighted by atomic mass is 9.90. The molecule has 3 N–H and O–H groups in total. The number of nitrogens with two attached hydrogens (primary N) is 1. The third-order valence-corrected chi connectivity index (χ3v) is 3.21. The van der Waals surface area contributed by atoms with Crippen LogP contribution in [0.15, 0.2) is 18.2 Å². The van der Waals surface area contributed by atoms with Gasteiger partial charge in [-0.15, -0.1) is 0 Å². The quantitative estimate of drug-likeness (QED) is 0.813. The minimum Gasteiger partial charge on any atom is -0.485 e. The number of nitrogen functional groups attached to an aromatic ring is 1. The van der Waals surface area contributed by atoms with E-state index in [4.69, 9.17) is 10.5 Å². The fraction of sp³-hybridized carbons (Fsp3) is 0.538. The number of halogens is 2. The van der Waals surface area contributed by atoms with E-state index in [0.717, 1.165) is 31.5 Å². The van der Waals surface area contributed by atoms with E-state index in [2.05, 4.69) is 5.32 Å². The predicted molar refractivity (Wildman–Crippen MR) is 67.2 cm³/mol. The van der Waals surface area contributed by atoms with Gasteiger partial charge < -0.3 is 15.8 Å². The summed E-state index contributed by atoms with van der Waals surface area (Å²) in [5.74, 6) is 0.826. The van der Waals surface area contributed by atoms with E-state index in [-0.39, 0.29) is 0 Å². The molecule has 0 bridgehead atoms. The number of hydrogen-bond acceptors (Lipinski definition) is 3. The Balaban J connectivity index is 2.09. The molecule has 0 amide bonds. The lowest BCUT2D eigenvalue weighted by Crippen LogP contribution is -2.26. The van der Waals surface area contributed by atoms with Gasteiger partial charge >= 0.3 is 0 Å². The Kier molecular flexibility index (Phi) is 4.36. The first-order valence-electron chi connectivity index (χ1n) is 6.18. The Morgan fingerprint density at radius 1 is 1.33 bits per heavy atom. The van der Waals surface area contributed by atoms with Gasteiger partial charge in [0.1, 0.15) is 12.4 Å². The van der Waals surface area contributed by atoms with Crippen molar-refractivity contribution in [2.75, 3.05) is 25.4 Å².